The second kappa shape index (κ2) is 25.8. The zero-order valence-electron chi connectivity index (χ0n) is 62.1. The molecule has 0 atom stereocenters. The SMILES string of the molecule is CC(C)(C)c1cc(-c2cc3c4c(c2)N(c2c(-c5ccccc5)cccc2-c2ccccc2)c2ccc(-c5cccc6c5c5ccccc5n6-c5ccccc5)cc2B4c2cc(-c4cccc5c4c4ccccc4n5-c4ccccc4)ccc2N3c2c(-c3ccccc3)cccc2-c2ccccc2)cc(C(C)(C)C)c1. The number of hydrogen-bond acceptors (Lipinski definition) is 2. The zero-order chi connectivity index (χ0) is 73.2. The predicted octanol–water partition coefficient (Wildman–Crippen LogP) is 26.2. The van der Waals surface area contributed by atoms with E-state index < -0.39 is 0 Å². The van der Waals surface area contributed by atoms with Crippen LogP contribution in [0.4, 0.5) is 34.1 Å². The van der Waals surface area contributed by atoms with Crippen molar-refractivity contribution in [1.82, 2.24) is 9.13 Å². The number of nitrogens with zero attached hydrogens (tertiary/aromatic N) is 4. The Bertz CT molecular complexity index is 6090. The molecular weight excluding hydrogens is 1320 g/mol. The molecule has 0 radical (unpaired) electrons. The van der Waals surface area contributed by atoms with Crippen molar-refractivity contribution in [3.8, 4) is 89.3 Å². The van der Waals surface area contributed by atoms with Crippen LogP contribution in [0.15, 0.2) is 370 Å². The van der Waals surface area contributed by atoms with Gasteiger partial charge in [-0.25, -0.2) is 0 Å². The molecule has 5 heteroatoms. The lowest BCUT2D eigenvalue weighted by Crippen LogP contribution is -2.61. The Morgan fingerprint density at radius 2 is 0.541 bits per heavy atom. The number of anilines is 6. The maximum Gasteiger partial charge on any atom is 0.252 e. The van der Waals surface area contributed by atoms with Crippen molar-refractivity contribution in [2.24, 2.45) is 0 Å². The highest BCUT2D eigenvalue weighted by atomic mass is 15.2. The molecule has 0 spiro atoms. The fourth-order valence-corrected chi connectivity index (χ4v) is 17.9. The number of fused-ring (bicyclic) bond motifs is 10. The Morgan fingerprint density at radius 1 is 0.229 bits per heavy atom. The van der Waals surface area contributed by atoms with E-state index in [-0.39, 0.29) is 17.5 Å². The Hall–Kier alpha value is -13.2. The lowest BCUT2D eigenvalue weighted by atomic mass is 9.33. The van der Waals surface area contributed by atoms with Gasteiger partial charge in [0.05, 0.1) is 33.4 Å². The molecule has 0 unspecified atom stereocenters. The Labute approximate surface area is 638 Å². The van der Waals surface area contributed by atoms with Gasteiger partial charge in [-0.15, -0.1) is 0 Å². The van der Waals surface area contributed by atoms with Crippen LogP contribution in [0.1, 0.15) is 52.7 Å². The summed E-state index contributed by atoms with van der Waals surface area (Å²) in [7, 11) is 0. The van der Waals surface area contributed by atoms with Gasteiger partial charge in [-0.1, -0.05) is 339 Å². The molecule has 4 heterocycles. The lowest BCUT2D eigenvalue weighted by molar-refractivity contribution is 0.569. The first-order valence-electron chi connectivity index (χ1n) is 38.3. The second-order valence-electron chi connectivity index (χ2n) is 31.5. The maximum absolute atomic E-state index is 2.70. The van der Waals surface area contributed by atoms with Gasteiger partial charge >= 0.3 is 0 Å². The molecule has 4 nitrogen and oxygen atoms in total. The average molecular weight is 1400 g/mol. The summed E-state index contributed by atoms with van der Waals surface area (Å²) in [5, 5.41) is 4.87. The summed E-state index contributed by atoms with van der Waals surface area (Å²) in [6.45, 7) is 13.8. The van der Waals surface area contributed by atoms with Gasteiger partial charge in [0.2, 0.25) is 0 Å². The summed E-state index contributed by atoms with van der Waals surface area (Å²) in [5.74, 6) is 0. The van der Waals surface area contributed by atoms with E-state index in [0.717, 1.165) is 118 Å². The molecule has 0 N–H and O–H groups in total. The average Bonchev–Trinajstić information content (AvgIpc) is 1.28. The fourth-order valence-electron chi connectivity index (χ4n) is 17.9. The van der Waals surface area contributed by atoms with Gasteiger partial charge in [-0.3, -0.25) is 0 Å². The third-order valence-corrected chi connectivity index (χ3v) is 23.0. The van der Waals surface area contributed by atoms with Gasteiger partial charge in [0.1, 0.15) is 0 Å². The minimum atomic E-state index is -0.328. The molecule has 0 saturated carbocycles. The van der Waals surface area contributed by atoms with E-state index in [1.54, 1.807) is 0 Å². The van der Waals surface area contributed by atoms with Crippen LogP contribution < -0.4 is 26.2 Å². The summed E-state index contributed by atoms with van der Waals surface area (Å²) in [6, 6.07) is 140. The number of para-hydroxylation sites is 6. The lowest BCUT2D eigenvalue weighted by Gasteiger charge is -2.46. The van der Waals surface area contributed by atoms with Gasteiger partial charge in [0, 0.05) is 77.9 Å². The van der Waals surface area contributed by atoms with Crippen molar-refractivity contribution in [2.75, 3.05) is 9.80 Å². The summed E-state index contributed by atoms with van der Waals surface area (Å²) in [4.78, 5) is 5.41. The molecule has 2 aromatic heterocycles. The highest BCUT2D eigenvalue weighted by molar-refractivity contribution is 7.00. The van der Waals surface area contributed by atoms with Crippen LogP contribution in [0.3, 0.4) is 0 Å². The van der Waals surface area contributed by atoms with Crippen molar-refractivity contribution in [2.45, 2.75) is 52.4 Å². The molecule has 0 amide bonds. The highest BCUT2D eigenvalue weighted by Crippen LogP contribution is 2.55. The van der Waals surface area contributed by atoms with Crippen LogP contribution in [0.2, 0.25) is 0 Å². The zero-order valence-corrected chi connectivity index (χ0v) is 62.1. The van der Waals surface area contributed by atoms with E-state index in [1.807, 2.05) is 0 Å². The third-order valence-electron chi connectivity index (χ3n) is 23.0. The topological polar surface area (TPSA) is 16.3 Å². The molecular formula is C104H79BN4. The second-order valence-corrected chi connectivity index (χ2v) is 31.5. The van der Waals surface area contributed by atoms with Crippen LogP contribution in [0, 0.1) is 0 Å². The molecule has 0 bridgehead atoms. The number of hydrogen-bond donors (Lipinski definition) is 0. The molecule has 0 aliphatic carbocycles. The smallest absolute Gasteiger partial charge is 0.252 e. The van der Waals surface area contributed by atoms with Crippen molar-refractivity contribution >= 4 is 101 Å². The Kier molecular flexibility index (Phi) is 15.5. The summed E-state index contributed by atoms with van der Waals surface area (Å²) in [5.41, 5.74) is 35.6. The van der Waals surface area contributed by atoms with Crippen LogP contribution in [-0.4, -0.2) is 15.8 Å². The normalized spacial score (nSPS) is 12.6. The Morgan fingerprint density at radius 3 is 0.908 bits per heavy atom. The summed E-state index contributed by atoms with van der Waals surface area (Å²) >= 11 is 0. The minimum Gasteiger partial charge on any atom is -0.310 e. The number of rotatable bonds is 11. The van der Waals surface area contributed by atoms with Gasteiger partial charge < -0.3 is 18.9 Å². The molecule has 18 aromatic rings. The Balaban J connectivity index is 0.972. The van der Waals surface area contributed by atoms with E-state index in [0.29, 0.717) is 0 Å². The van der Waals surface area contributed by atoms with Crippen LogP contribution in [0.5, 0.6) is 0 Å². The molecule has 0 fully saturated rings. The molecule has 0 saturated heterocycles. The molecule has 16 aromatic carbocycles. The number of aromatic nitrogens is 2. The van der Waals surface area contributed by atoms with E-state index in [4.69, 9.17) is 0 Å². The summed E-state index contributed by atoms with van der Waals surface area (Å²) < 4.78 is 4.90. The fraction of sp³-hybridized carbons (Fsp3) is 0.0769. The van der Waals surface area contributed by atoms with Crippen molar-refractivity contribution < 1.29 is 0 Å². The standard InChI is InChI=1S/C104H79BN4/c1-103(2,3)76-61-74(62-77(67-76)104(4,5)6)75-65-96-100-97(66-75)109(102-84(70-37-17-9-18-38-70)51-30-52-85(102)71-39-19-10-20-40-71)93-60-58-73(81-48-32-56-95-99(81)87-46-26-28-54-91(87)107(95)79-43-23-12-24-44-79)64-89(93)105(100)88-63-72(80-47-31-55-94-98(80)86-45-25-27-53-90(86)106(94)78-41-21-11-22-42-78)57-59-92(88)108(96)101-82(68-33-13-7-14-34-68)49-29-50-83(101)69-35-15-8-16-36-69/h7-67H,1-6H3. The maximum atomic E-state index is 2.70. The number of benzene rings is 16. The molecule has 2 aliphatic heterocycles. The van der Waals surface area contributed by atoms with Gasteiger partial charge in [0.15, 0.2) is 0 Å². The first kappa shape index (κ1) is 65.3. The first-order chi connectivity index (χ1) is 53.4. The van der Waals surface area contributed by atoms with Crippen molar-refractivity contribution in [3.63, 3.8) is 0 Å². The van der Waals surface area contributed by atoms with Gasteiger partial charge in [0.25, 0.3) is 6.71 Å². The van der Waals surface area contributed by atoms with Gasteiger partial charge in [-0.2, -0.15) is 0 Å². The van der Waals surface area contributed by atoms with E-state index in [2.05, 4.69) is 431 Å². The van der Waals surface area contributed by atoms with Crippen molar-refractivity contribution in [1.29, 1.82) is 0 Å². The largest absolute Gasteiger partial charge is 0.310 e. The molecule has 109 heavy (non-hydrogen) atoms. The van der Waals surface area contributed by atoms with Crippen LogP contribution in [-0.2, 0) is 10.8 Å². The summed E-state index contributed by atoms with van der Waals surface area (Å²) in [6.07, 6.45) is 0. The van der Waals surface area contributed by atoms with E-state index in [9.17, 15) is 0 Å². The molecule has 518 valence electrons. The molecule has 2 aliphatic rings. The van der Waals surface area contributed by atoms with Crippen molar-refractivity contribution in [3.05, 3.63) is 381 Å². The van der Waals surface area contributed by atoms with Crippen LogP contribution in [0.25, 0.3) is 133 Å². The van der Waals surface area contributed by atoms with E-state index >= 15 is 0 Å². The van der Waals surface area contributed by atoms with Crippen LogP contribution >= 0.6 is 0 Å². The third kappa shape index (κ3) is 10.8. The predicted molar refractivity (Wildman–Crippen MR) is 465 cm³/mol. The van der Waals surface area contributed by atoms with Gasteiger partial charge in [-0.05, 0) is 167 Å². The first-order valence-corrected chi connectivity index (χ1v) is 38.3. The highest BCUT2D eigenvalue weighted by Gasteiger charge is 2.46. The monoisotopic (exact) mass is 1390 g/mol. The van der Waals surface area contributed by atoms with E-state index in [1.165, 1.54) is 76.8 Å². The quantitative estimate of drug-likeness (QED) is 0.120. The molecule has 20 rings (SSSR count). The minimum absolute atomic E-state index is 0.158.